The Labute approximate surface area is 120 Å². The first-order chi connectivity index (χ1) is 8.79. The van der Waals surface area contributed by atoms with Crippen molar-refractivity contribution in [3.8, 4) is 0 Å². The molecule has 1 aromatic rings. The minimum atomic E-state index is 0.709. The Morgan fingerprint density at radius 1 is 1.22 bits per heavy atom. The van der Waals surface area contributed by atoms with Crippen molar-refractivity contribution in [2.45, 2.75) is 49.7 Å². The van der Waals surface area contributed by atoms with E-state index in [2.05, 4.69) is 36.1 Å². The first-order valence-electron chi connectivity index (χ1n) is 6.89. The number of thioether (sulfide) groups is 1. The molecule has 1 saturated carbocycles. The summed E-state index contributed by atoms with van der Waals surface area (Å²) in [5.74, 6) is 1.10. The van der Waals surface area contributed by atoms with Crippen molar-refractivity contribution in [1.82, 2.24) is 5.32 Å². The zero-order valence-corrected chi connectivity index (χ0v) is 12.6. The van der Waals surface area contributed by atoms with Crippen LogP contribution in [0, 0.1) is 0 Å². The number of hydrogen-bond donors (Lipinski definition) is 1. The average molecular weight is 284 g/mol. The molecule has 3 heteroatoms. The van der Waals surface area contributed by atoms with Gasteiger partial charge in [-0.2, -0.15) is 11.8 Å². The Bertz CT molecular complexity index is 350. The maximum atomic E-state index is 5.91. The van der Waals surface area contributed by atoms with Crippen LogP contribution in [0.15, 0.2) is 24.3 Å². The Morgan fingerprint density at radius 3 is 2.67 bits per heavy atom. The lowest BCUT2D eigenvalue weighted by Crippen LogP contribution is -2.40. The fourth-order valence-electron chi connectivity index (χ4n) is 2.58. The van der Waals surface area contributed by atoms with Gasteiger partial charge < -0.3 is 5.32 Å². The van der Waals surface area contributed by atoms with Gasteiger partial charge in [-0.25, -0.2) is 0 Å². The predicted octanol–water partition coefficient (Wildman–Crippen LogP) is 4.49. The van der Waals surface area contributed by atoms with Crippen LogP contribution in [0.2, 0.25) is 5.02 Å². The van der Waals surface area contributed by atoms with Crippen LogP contribution in [0.5, 0.6) is 0 Å². The van der Waals surface area contributed by atoms with E-state index in [1.807, 2.05) is 12.1 Å². The minimum absolute atomic E-state index is 0.709. The molecule has 0 spiro atoms. The third-order valence-corrected chi connectivity index (χ3v) is 5.29. The molecule has 1 aliphatic carbocycles. The van der Waals surface area contributed by atoms with Crippen molar-refractivity contribution < 1.29 is 0 Å². The van der Waals surface area contributed by atoms with E-state index in [4.69, 9.17) is 11.6 Å². The zero-order valence-electron chi connectivity index (χ0n) is 11.0. The van der Waals surface area contributed by atoms with E-state index in [1.165, 1.54) is 31.2 Å². The third-order valence-electron chi connectivity index (χ3n) is 3.55. The summed E-state index contributed by atoms with van der Waals surface area (Å²) >= 11 is 8.01. The van der Waals surface area contributed by atoms with Crippen LogP contribution in [-0.4, -0.2) is 17.8 Å². The Morgan fingerprint density at radius 2 is 1.94 bits per heavy atom. The molecule has 1 aromatic carbocycles. The molecule has 1 nitrogen and oxygen atoms in total. The van der Waals surface area contributed by atoms with Crippen LogP contribution < -0.4 is 5.32 Å². The SMILES string of the molecule is CCNC1CCCCC1SCc1ccc(Cl)cc1. The highest BCUT2D eigenvalue weighted by Crippen LogP contribution is 2.31. The molecule has 1 N–H and O–H groups in total. The van der Waals surface area contributed by atoms with E-state index < -0.39 is 0 Å². The fourth-order valence-corrected chi connectivity index (χ4v) is 4.10. The molecule has 0 aromatic heterocycles. The highest BCUT2D eigenvalue weighted by atomic mass is 35.5. The van der Waals surface area contributed by atoms with Crippen LogP contribution in [0.3, 0.4) is 0 Å². The van der Waals surface area contributed by atoms with Crippen molar-refractivity contribution in [2.75, 3.05) is 6.54 Å². The molecule has 0 saturated heterocycles. The Balaban J connectivity index is 1.85. The van der Waals surface area contributed by atoms with Crippen molar-refractivity contribution >= 4 is 23.4 Å². The lowest BCUT2D eigenvalue weighted by atomic mass is 9.95. The van der Waals surface area contributed by atoms with Gasteiger partial charge >= 0.3 is 0 Å². The molecule has 0 radical (unpaired) electrons. The second-order valence-corrected chi connectivity index (χ2v) is 6.59. The molecule has 2 unspecified atom stereocenters. The van der Waals surface area contributed by atoms with Gasteiger partial charge in [-0.05, 0) is 37.1 Å². The predicted molar refractivity (Wildman–Crippen MR) is 82.5 cm³/mol. The fraction of sp³-hybridized carbons (Fsp3) is 0.600. The second kappa shape index (κ2) is 7.42. The van der Waals surface area contributed by atoms with Crippen LogP contribution in [0.25, 0.3) is 0 Å². The lowest BCUT2D eigenvalue weighted by Gasteiger charge is -2.31. The Hall–Kier alpha value is -0.180. The summed E-state index contributed by atoms with van der Waals surface area (Å²) in [6.45, 7) is 3.29. The van der Waals surface area contributed by atoms with Crippen molar-refractivity contribution in [1.29, 1.82) is 0 Å². The monoisotopic (exact) mass is 283 g/mol. The molecule has 0 bridgehead atoms. The number of halogens is 1. The first-order valence-corrected chi connectivity index (χ1v) is 8.31. The highest BCUT2D eigenvalue weighted by Gasteiger charge is 2.24. The molecule has 1 aliphatic rings. The maximum absolute atomic E-state index is 5.91. The van der Waals surface area contributed by atoms with Gasteiger partial charge in [0.2, 0.25) is 0 Å². The normalized spacial score (nSPS) is 24.1. The van der Waals surface area contributed by atoms with Crippen LogP contribution in [-0.2, 0) is 5.75 Å². The molecule has 0 aliphatic heterocycles. The van der Waals surface area contributed by atoms with E-state index in [0.29, 0.717) is 6.04 Å². The molecular weight excluding hydrogens is 262 g/mol. The molecule has 2 atom stereocenters. The summed E-state index contributed by atoms with van der Waals surface area (Å²) in [5, 5.41) is 5.24. The van der Waals surface area contributed by atoms with Gasteiger partial charge in [0.05, 0.1) is 0 Å². The van der Waals surface area contributed by atoms with Gasteiger partial charge in [0.25, 0.3) is 0 Å². The highest BCUT2D eigenvalue weighted by molar-refractivity contribution is 7.99. The molecular formula is C15H22ClNS. The van der Waals surface area contributed by atoms with Gasteiger partial charge in [0.15, 0.2) is 0 Å². The molecule has 2 rings (SSSR count). The second-order valence-electron chi connectivity index (χ2n) is 4.92. The third kappa shape index (κ3) is 4.18. The quantitative estimate of drug-likeness (QED) is 0.854. The standard InChI is InChI=1S/C15H22ClNS/c1-2-17-14-5-3-4-6-15(14)18-11-12-7-9-13(16)10-8-12/h7-10,14-15,17H,2-6,11H2,1H3. The van der Waals surface area contributed by atoms with Crippen molar-refractivity contribution in [2.24, 2.45) is 0 Å². The summed E-state index contributed by atoms with van der Waals surface area (Å²) in [7, 11) is 0. The van der Waals surface area contributed by atoms with Crippen molar-refractivity contribution in [3.63, 3.8) is 0 Å². The number of nitrogens with one attached hydrogen (secondary N) is 1. The van der Waals surface area contributed by atoms with Gasteiger partial charge in [0.1, 0.15) is 0 Å². The maximum Gasteiger partial charge on any atom is 0.0406 e. The Kier molecular flexibility index (Phi) is 5.87. The molecule has 18 heavy (non-hydrogen) atoms. The van der Waals surface area contributed by atoms with Gasteiger partial charge in [0, 0.05) is 22.1 Å². The zero-order chi connectivity index (χ0) is 12.8. The van der Waals surface area contributed by atoms with E-state index >= 15 is 0 Å². The summed E-state index contributed by atoms with van der Waals surface area (Å²) < 4.78 is 0. The first kappa shape index (κ1) is 14.2. The van der Waals surface area contributed by atoms with Gasteiger partial charge in [-0.3, -0.25) is 0 Å². The summed E-state index contributed by atoms with van der Waals surface area (Å²) in [6, 6.07) is 8.96. The van der Waals surface area contributed by atoms with Crippen LogP contribution in [0.1, 0.15) is 38.2 Å². The van der Waals surface area contributed by atoms with E-state index in [0.717, 1.165) is 22.6 Å². The molecule has 0 amide bonds. The van der Waals surface area contributed by atoms with E-state index in [1.54, 1.807) is 0 Å². The number of benzene rings is 1. The molecule has 1 fully saturated rings. The summed E-state index contributed by atoms with van der Waals surface area (Å²) in [4.78, 5) is 0. The largest absolute Gasteiger partial charge is 0.313 e. The van der Waals surface area contributed by atoms with Gasteiger partial charge in [-0.15, -0.1) is 0 Å². The smallest absolute Gasteiger partial charge is 0.0406 e. The van der Waals surface area contributed by atoms with Crippen molar-refractivity contribution in [3.05, 3.63) is 34.9 Å². The summed E-state index contributed by atoms with van der Waals surface area (Å²) in [5.41, 5.74) is 1.38. The number of hydrogen-bond acceptors (Lipinski definition) is 2. The van der Waals surface area contributed by atoms with E-state index in [9.17, 15) is 0 Å². The van der Waals surface area contributed by atoms with E-state index in [-0.39, 0.29) is 0 Å². The topological polar surface area (TPSA) is 12.0 Å². The minimum Gasteiger partial charge on any atom is -0.313 e. The average Bonchev–Trinajstić information content (AvgIpc) is 2.40. The lowest BCUT2D eigenvalue weighted by molar-refractivity contribution is 0.391. The van der Waals surface area contributed by atoms with Gasteiger partial charge in [-0.1, -0.05) is 43.5 Å². The van der Waals surface area contributed by atoms with Crippen LogP contribution >= 0.6 is 23.4 Å². The number of rotatable bonds is 5. The molecule has 0 heterocycles. The molecule has 100 valence electrons. The van der Waals surface area contributed by atoms with Crippen LogP contribution in [0.4, 0.5) is 0 Å². The summed E-state index contributed by atoms with van der Waals surface area (Å²) in [6.07, 6.45) is 5.47.